The van der Waals surface area contributed by atoms with Gasteiger partial charge in [0.05, 0.1) is 24.9 Å². The lowest BCUT2D eigenvalue weighted by Gasteiger charge is -2.06. The van der Waals surface area contributed by atoms with E-state index in [1.54, 1.807) is 18.0 Å². The highest BCUT2D eigenvalue weighted by Crippen LogP contribution is 2.27. The van der Waals surface area contributed by atoms with Crippen molar-refractivity contribution >= 4 is 11.8 Å². The van der Waals surface area contributed by atoms with Gasteiger partial charge in [0.1, 0.15) is 11.4 Å². The van der Waals surface area contributed by atoms with Crippen molar-refractivity contribution in [2.24, 2.45) is 0 Å². The van der Waals surface area contributed by atoms with Crippen molar-refractivity contribution in [2.45, 2.75) is 6.92 Å². The summed E-state index contributed by atoms with van der Waals surface area (Å²) in [5.74, 6) is 0.0149. The summed E-state index contributed by atoms with van der Waals surface area (Å²) in [6.45, 7) is 1.90. The number of nitrogens with one attached hydrogen (secondary N) is 2. The molecule has 2 aromatic carbocycles. The predicted octanol–water partition coefficient (Wildman–Crippen LogP) is 2.33. The second-order valence-corrected chi connectivity index (χ2v) is 6.26. The molecule has 7 heteroatoms. The average Bonchev–Trinajstić information content (AvgIpc) is 3.17. The Morgan fingerprint density at radius 3 is 2.57 bits per heavy atom. The summed E-state index contributed by atoms with van der Waals surface area (Å²) in [5.41, 5.74) is 3.59. The Balaban J connectivity index is 2.03. The van der Waals surface area contributed by atoms with E-state index >= 15 is 0 Å². The van der Waals surface area contributed by atoms with Gasteiger partial charge in [0, 0.05) is 18.8 Å². The van der Waals surface area contributed by atoms with Crippen LogP contribution in [0.25, 0.3) is 16.9 Å². The Labute approximate surface area is 163 Å². The van der Waals surface area contributed by atoms with E-state index in [2.05, 4.69) is 15.7 Å². The summed E-state index contributed by atoms with van der Waals surface area (Å²) in [4.78, 5) is 24.2. The van der Waals surface area contributed by atoms with Crippen LogP contribution in [-0.4, -0.2) is 42.3 Å². The third kappa shape index (κ3) is 4.20. The maximum atomic E-state index is 12.7. The van der Waals surface area contributed by atoms with Crippen LogP contribution in [0.5, 0.6) is 5.75 Å². The molecule has 3 aromatic rings. The molecule has 0 radical (unpaired) electrons. The largest absolute Gasteiger partial charge is 0.497 e. The van der Waals surface area contributed by atoms with Crippen LogP contribution in [-0.2, 0) is 4.79 Å². The van der Waals surface area contributed by atoms with Gasteiger partial charge in [0.25, 0.3) is 5.91 Å². The van der Waals surface area contributed by atoms with Crippen LogP contribution in [0, 0.1) is 6.92 Å². The van der Waals surface area contributed by atoms with Gasteiger partial charge in [-0.25, -0.2) is 4.68 Å². The van der Waals surface area contributed by atoms with Crippen LogP contribution < -0.4 is 15.4 Å². The summed E-state index contributed by atoms with van der Waals surface area (Å²) in [5, 5.41) is 9.73. The van der Waals surface area contributed by atoms with Gasteiger partial charge in [-0.1, -0.05) is 29.8 Å². The zero-order valence-electron chi connectivity index (χ0n) is 16.0. The molecule has 0 atom stereocenters. The van der Waals surface area contributed by atoms with Gasteiger partial charge in [-0.2, -0.15) is 5.10 Å². The summed E-state index contributed by atoms with van der Waals surface area (Å²) in [6.07, 6.45) is 1.67. The molecule has 0 spiro atoms. The quantitative estimate of drug-likeness (QED) is 0.689. The van der Waals surface area contributed by atoms with Crippen molar-refractivity contribution in [1.29, 1.82) is 0 Å². The number of aryl methyl sites for hydroxylation is 1. The highest BCUT2D eigenvalue weighted by molar-refractivity contribution is 6.01. The number of carbonyl (C=O) groups is 2. The molecule has 1 heterocycles. The smallest absolute Gasteiger partial charge is 0.255 e. The fraction of sp³-hybridized carbons (Fsp3) is 0.190. The first kappa shape index (κ1) is 19.2. The third-order valence-electron chi connectivity index (χ3n) is 4.29. The standard InChI is InChI=1S/C21H22N4O3/c1-14-7-9-16(10-8-14)25-13-18(21(27)23-12-19(26)22-2)20(24-25)15-5-4-6-17(11-15)28-3/h4-11,13H,12H2,1-3H3,(H,22,26)(H,23,27). The maximum absolute atomic E-state index is 12.7. The van der Waals surface area contributed by atoms with Crippen molar-refractivity contribution in [3.63, 3.8) is 0 Å². The molecule has 0 aliphatic heterocycles. The highest BCUT2D eigenvalue weighted by atomic mass is 16.5. The lowest BCUT2D eigenvalue weighted by Crippen LogP contribution is -2.35. The Morgan fingerprint density at radius 2 is 1.89 bits per heavy atom. The van der Waals surface area contributed by atoms with Crippen LogP contribution >= 0.6 is 0 Å². The van der Waals surface area contributed by atoms with Gasteiger partial charge >= 0.3 is 0 Å². The molecule has 0 saturated heterocycles. The van der Waals surface area contributed by atoms with E-state index < -0.39 is 0 Å². The van der Waals surface area contributed by atoms with Crippen molar-refractivity contribution < 1.29 is 14.3 Å². The highest BCUT2D eigenvalue weighted by Gasteiger charge is 2.19. The molecule has 0 fully saturated rings. The molecular weight excluding hydrogens is 356 g/mol. The van der Waals surface area contributed by atoms with E-state index in [-0.39, 0.29) is 18.4 Å². The Bertz CT molecular complexity index is 993. The van der Waals surface area contributed by atoms with Gasteiger partial charge in [0.2, 0.25) is 5.91 Å². The molecule has 0 bridgehead atoms. The van der Waals surface area contributed by atoms with Gasteiger partial charge in [-0.05, 0) is 31.2 Å². The number of rotatable bonds is 6. The minimum atomic E-state index is -0.375. The number of aromatic nitrogens is 2. The zero-order chi connectivity index (χ0) is 20.1. The van der Waals surface area contributed by atoms with Crippen molar-refractivity contribution in [2.75, 3.05) is 20.7 Å². The van der Waals surface area contributed by atoms with Crippen LogP contribution in [0.1, 0.15) is 15.9 Å². The van der Waals surface area contributed by atoms with Crippen molar-refractivity contribution in [3.05, 3.63) is 65.9 Å². The molecular formula is C21H22N4O3. The summed E-state index contributed by atoms with van der Waals surface area (Å²) < 4.78 is 6.94. The van der Waals surface area contributed by atoms with Crippen LogP contribution in [0.4, 0.5) is 0 Å². The molecule has 2 N–H and O–H groups in total. The van der Waals surface area contributed by atoms with E-state index in [0.29, 0.717) is 17.0 Å². The molecule has 0 unspecified atom stereocenters. The molecule has 7 nitrogen and oxygen atoms in total. The number of hydrogen-bond donors (Lipinski definition) is 2. The number of hydrogen-bond acceptors (Lipinski definition) is 4. The SMILES string of the molecule is CNC(=O)CNC(=O)c1cn(-c2ccc(C)cc2)nc1-c1cccc(OC)c1. The van der Waals surface area contributed by atoms with Crippen LogP contribution in [0.3, 0.4) is 0 Å². The lowest BCUT2D eigenvalue weighted by atomic mass is 10.1. The number of likely N-dealkylation sites (N-methyl/N-ethyl adjacent to an activating group) is 1. The molecule has 0 aliphatic carbocycles. The van der Waals surface area contributed by atoms with E-state index in [9.17, 15) is 9.59 Å². The second-order valence-electron chi connectivity index (χ2n) is 6.26. The number of methoxy groups -OCH3 is 1. The summed E-state index contributed by atoms with van der Waals surface area (Å²) in [7, 11) is 3.10. The fourth-order valence-corrected chi connectivity index (χ4v) is 2.70. The Kier molecular flexibility index (Phi) is 5.74. The topological polar surface area (TPSA) is 85.3 Å². The minimum Gasteiger partial charge on any atom is -0.497 e. The van der Waals surface area contributed by atoms with Crippen molar-refractivity contribution in [3.8, 4) is 22.7 Å². The number of benzene rings is 2. The molecule has 144 valence electrons. The van der Waals surface area contributed by atoms with Gasteiger partial charge < -0.3 is 15.4 Å². The van der Waals surface area contributed by atoms with Crippen LogP contribution in [0.15, 0.2) is 54.7 Å². The van der Waals surface area contributed by atoms with Crippen molar-refractivity contribution in [1.82, 2.24) is 20.4 Å². The first-order chi connectivity index (χ1) is 13.5. The van der Waals surface area contributed by atoms with Gasteiger partial charge in [-0.15, -0.1) is 0 Å². The fourth-order valence-electron chi connectivity index (χ4n) is 2.70. The number of nitrogens with zero attached hydrogens (tertiary/aromatic N) is 2. The lowest BCUT2D eigenvalue weighted by molar-refractivity contribution is -0.119. The molecule has 0 saturated carbocycles. The Morgan fingerprint density at radius 1 is 1.14 bits per heavy atom. The average molecular weight is 378 g/mol. The van der Waals surface area contributed by atoms with E-state index in [4.69, 9.17) is 4.74 Å². The molecule has 2 amide bonds. The number of ether oxygens (including phenoxy) is 1. The zero-order valence-corrected chi connectivity index (χ0v) is 16.0. The summed E-state index contributed by atoms with van der Waals surface area (Å²) >= 11 is 0. The van der Waals surface area contributed by atoms with Crippen LogP contribution in [0.2, 0.25) is 0 Å². The molecule has 1 aromatic heterocycles. The van der Waals surface area contributed by atoms with E-state index in [0.717, 1.165) is 16.8 Å². The minimum absolute atomic E-state index is 0.109. The van der Waals surface area contributed by atoms with E-state index in [1.807, 2.05) is 55.5 Å². The van der Waals surface area contributed by atoms with E-state index in [1.165, 1.54) is 7.05 Å². The molecule has 3 rings (SSSR count). The monoisotopic (exact) mass is 378 g/mol. The predicted molar refractivity (Wildman–Crippen MR) is 107 cm³/mol. The summed E-state index contributed by atoms with van der Waals surface area (Å²) in [6, 6.07) is 15.2. The maximum Gasteiger partial charge on any atom is 0.255 e. The normalized spacial score (nSPS) is 10.4. The first-order valence-electron chi connectivity index (χ1n) is 8.81. The number of amides is 2. The second kappa shape index (κ2) is 8.39. The Hall–Kier alpha value is -3.61. The molecule has 0 aliphatic rings. The van der Waals surface area contributed by atoms with Gasteiger partial charge in [0.15, 0.2) is 0 Å². The first-order valence-corrected chi connectivity index (χ1v) is 8.81. The van der Waals surface area contributed by atoms with Gasteiger partial charge in [-0.3, -0.25) is 9.59 Å². The molecule has 28 heavy (non-hydrogen) atoms. The number of carbonyl (C=O) groups excluding carboxylic acids is 2. The third-order valence-corrected chi connectivity index (χ3v) is 4.29.